The molecule has 1 aliphatic heterocycles. The van der Waals surface area contributed by atoms with Crippen LogP contribution in [0.5, 0.6) is 11.5 Å². The molecule has 3 rings (SSSR count). The van der Waals surface area contributed by atoms with Crippen molar-refractivity contribution < 1.29 is 24.2 Å². The van der Waals surface area contributed by atoms with E-state index < -0.39 is 17.9 Å². The number of nitrogens with one attached hydrogen (secondary N) is 1. The van der Waals surface area contributed by atoms with E-state index in [0.29, 0.717) is 22.8 Å². The molecule has 0 aliphatic carbocycles. The molecule has 6 nitrogen and oxygen atoms in total. The minimum atomic E-state index is -1.12. The Labute approximate surface area is 136 Å². The maximum Gasteiger partial charge on any atom is 0.330 e. The van der Waals surface area contributed by atoms with Crippen molar-refractivity contribution in [2.24, 2.45) is 0 Å². The summed E-state index contributed by atoms with van der Waals surface area (Å²) in [7, 11) is 1.47. The van der Waals surface area contributed by atoms with Crippen molar-refractivity contribution in [3.63, 3.8) is 0 Å². The van der Waals surface area contributed by atoms with Gasteiger partial charge < -0.3 is 19.9 Å². The number of carbonyl (C=O) groups is 2. The first-order valence-electron chi connectivity index (χ1n) is 7.01. The highest BCUT2D eigenvalue weighted by atomic mass is 32.1. The standard InChI is InChI=1S/C16H15NO5S/c1-21-12-5-7-23-14(12)15(18)17-13(16(19)20)10-2-3-11-9(8-10)4-6-22-11/h2-3,5,7-8,13H,4,6H2,1H3,(H,17,18)(H,19,20)/t13-/m0/s1. The Kier molecular flexibility index (Phi) is 4.20. The van der Waals surface area contributed by atoms with Gasteiger partial charge in [-0.05, 0) is 34.7 Å². The van der Waals surface area contributed by atoms with Gasteiger partial charge in [-0.3, -0.25) is 4.79 Å². The molecule has 7 heteroatoms. The first-order chi connectivity index (χ1) is 11.1. The number of carboxylic acid groups (broad SMARTS) is 1. The van der Waals surface area contributed by atoms with Crippen molar-refractivity contribution >= 4 is 23.2 Å². The van der Waals surface area contributed by atoms with Crippen LogP contribution >= 0.6 is 11.3 Å². The van der Waals surface area contributed by atoms with E-state index in [4.69, 9.17) is 9.47 Å². The van der Waals surface area contributed by atoms with Gasteiger partial charge >= 0.3 is 5.97 Å². The van der Waals surface area contributed by atoms with Crippen molar-refractivity contribution in [3.05, 3.63) is 45.6 Å². The molecule has 1 atom stereocenters. The molecule has 0 fully saturated rings. The quantitative estimate of drug-likeness (QED) is 0.876. The molecule has 2 aromatic rings. The maximum atomic E-state index is 12.3. The first-order valence-corrected chi connectivity index (χ1v) is 7.89. The largest absolute Gasteiger partial charge is 0.495 e. The van der Waals surface area contributed by atoms with Gasteiger partial charge in [-0.15, -0.1) is 11.3 Å². The average Bonchev–Trinajstić information content (AvgIpc) is 3.19. The third kappa shape index (κ3) is 3.00. The van der Waals surface area contributed by atoms with Gasteiger partial charge in [0.1, 0.15) is 16.4 Å². The number of hydrogen-bond donors (Lipinski definition) is 2. The number of carbonyl (C=O) groups excluding carboxylic acids is 1. The molecule has 23 heavy (non-hydrogen) atoms. The zero-order valence-electron chi connectivity index (χ0n) is 12.4. The molecule has 1 amide bonds. The van der Waals surface area contributed by atoms with Gasteiger partial charge in [-0.2, -0.15) is 0 Å². The molecule has 1 aliphatic rings. The van der Waals surface area contributed by atoms with E-state index in [-0.39, 0.29) is 0 Å². The van der Waals surface area contributed by atoms with Crippen LogP contribution < -0.4 is 14.8 Å². The van der Waals surface area contributed by atoms with Gasteiger partial charge in [-0.1, -0.05) is 6.07 Å². The number of aliphatic carboxylic acids is 1. The number of methoxy groups -OCH3 is 1. The summed E-state index contributed by atoms with van der Waals surface area (Å²) >= 11 is 1.20. The lowest BCUT2D eigenvalue weighted by Crippen LogP contribution is -2.33. The predicted octanol–water partition coefficient (Wildman–Crippen LogP) is 2.25. The van der Waals surface area contributed by atoms with Crippen LogP contribution in [0.2, 0.25) is 0 Å². The smallest absolute Gasteiger partial charge is 0.330 e. The van der Waals surface area contributed by atoms with E-state index in [1.165, 1.54) is 18.4 Å². The second kappa shape index (κ2) is 6.29. The molecule has 0 saturated carbocycles. The lowest BCUT2D eigenvalue weighted by atomic mass is 10.0. The number of rotatable bonds is 5. The normalized spacial score (nSPS) is 13.8. The predicted molar refractivity (Wildman–Crippen MR) is 84.4 cm³/mol. The number of fused-ring (bicyclic) bond motifs is 1. The molecular formula is C16H15NO5S. The molecule has 0 saturated heterocycles. The van der Waals surface area contributed by atoms with Crippen LogP contribution in [0.3, 0.4) is 0 Å². The summed E-state index contributed by atoms with van der Waals surface area (Å²) in [5.74, 6) is -0.392. The first kappa shape index (κ1) is 15.4. The van der Waals surface area contributed by atoms with Crippen LogP contribution in [0.1, 0.15) is 26.8 Å². The molecular weight excluding hydrogens is 318 g/mol. The Morgan fingerprint density at radius 3 is 2.96 bits per heavy atom. The fourth-order valence-corrected chi connectivity index (χ4v) is 3.26. The summed E-state index contributed by atoms with van der Waals surface area (Å²) < 4.78 is 10.5. The number of hydrogen-bond acceptors (Lipinski definition) is 5. The van der Waals surface area contributed by atoms with Crippen LogP contribution in [0, 0.1) is 0 Å². The number of ether oxygens (including phenoxy) is 2. The van der Waals surface area contributed by atoms with Crippen molar-refractivity contribution in [1.29, 1.82) is 0 Å². The van der Waals surface area contributed by atoms with Gasteiger partial charge in [0.05, 0.1) is 13.7 Å². The topological polar surface area (TPSA) is 84.9 Å². The van der Waals surface area contributed by atoms with Crippen molar-refractivity contribution in [2.75, 3.05) is 13.7 Å². The van der Waals surface area contributed by atoms with Crippen molar-refractivity contribution in [1.82, 2.24) is 5.32 Å². The van der Waals surface area contributed by atoms with Gasteiger partial charge in [-0.25, -0.2) is 4.79 Å². The Hall–Kier alpha value is -2.54. The summed E-state index contributed by atoms with van der Waals surface area (Å²) in [6.45, 7) is 0.593. The maximum absolute atomic E-state index is 12.3. The Balaban J connectivity index is 1.85. The van der Waals surface area contributed by atoms with Crippen LogP contribution in [0.15, 0.2) is 29.6 Å². The molecule has 2 heterocycles. The highest BCUT2D eigenvalue weighted by Crippen LogP contribution is 2.29. The Morgan fingerprint density at radius 1 is 1.39 bits per heavy atom. The minimum absolute atomic E-state index is 0.350. The molecule has 0 spiro atoms. The zero-order chi connectivity index (χ0) is 16.4. The van der Waals surface area contributed by atoms with Crippen LogP contribution in [0.25, 0.3) is 0 Å². The lowest BCUT2D eigenvalue weighted by Gasteiger charge is -2.15. The van der Waals surface area contributed by atoms with Crippen LogP contribution in [-0.4, -0.2) is 30.7 Å². The minimum Gasteiger partial charge on any atom is -0.495 e. The summed E-state index contributed by atoms with van der Waals surface area (Å²) in [6, 6.07) is 5.72. The molecule has 0 bridgehead atoms. The van der Waals surface area contributed by atoms with Gasteiger partial charge in [0.2, 0.25) is 0 Å². The van der Waals surface area contributed by atoms with E-state index in [2.05, 4.69) is 5.32 Å². The average molecular weight is 333 g/mol. The van der Waals surface area contributed by atoms with Crippen molar-refractivity contribution in [2.45, 2.75) is 12.5 Å². The van der Waals surface area contributed by atoms with Gasteiger partial charge in [0, 0.05) is 6.42 Å². The molecule has 0 unspecified atom stereocenters. The highest BCUT2D eigenvalue weighted by Gasteiger charge is 2.26. The molecule has 1 aromatic heterocycles. The molecule has 0 radical (unpaired) electrons. The number of carboxylic acids is 1. The van der Waals surface area contributed by atoms with Gasteiger partial charge in [0.15, 0.2) is 6.04 Å². The lowest BCUT2D eigenvalue weighted by molar-refractivity contribution is -0.139. The zero-order valence-corrected chi connectivity index (χ0v) is 13.2. The Morgan fingerprint density at radius 2 is 2.22 bits per heavy atom. The van der Waals surface area contributed by atoms with Gasteiger partial charge in [0.25, 0.3) is 5.91 Å². The fourth-order valence-electron chi connectivity index (χ4n) is 2.49. The van der Waals surface area contributed by atoms with Crippen LogP contribution in [0.4, 0.5) is 0 Å². The van der Waals surface area contributed by atoms with E-state index in [9.17, 15) is 14.7 Å². The number of amides is 1. The Bertz CT molecular complexity index is 755. The molecule has 2 N–H and O–H groups in total. The van der Waals surface area contributed by atoms with E-state index in [1.54, 1.807) is 29.6 Å². The monoisotopic (exact) mass is 333 g/mol. The number of thiophene rings is 1. The molecule has 120 valence electrons. The van der Waals surface area contributed by atoms with E-state index in [0.717, 1.165) is 17.7 Å². The molecule has 1 aromatic carbocycles. The summed E-state index contributed by atoms with van der Waals surface area (Å²) in [5, 5.41) is 13.7. The summed E-state index contributed by atoms with van der Waals surface area (Å²) in [6.07, 6.45) is 0.738. The fraction of sp³-hybridized carbons (Fsp3) is 0.250. The summed E-state index contributed by atoms with van der Waals surface area (Å²) in [4.78, 5) is 24.3. The van der Waals surface area contributed by atoms with E-state index >= 15 is 0 Å². The van der Waals surface area contributed by atoms with E-state index in [1.807, 2.05) is 0 Å². The van der Waals surface area contributed by atoms with Crippen molar-refractivity contribution in [3.8, 4) is 11.5 Å². The second-order valence-electron chi connectivity index (χ2n) is 5.03. The number of benzene rings is 1. The highest BCUT2D eigenvalue weighted by molar-refractivity contribution is 7.12. The summed E-state index contributed by atoms with van der Waals surface area (Å²) in [5.41, 5.74) is 1.47. The second-order valence-corrected chi connectivity index (χ2v) is 5.94. The van der Waals surface area contributed by atoms with Crippen LogP contribution in [-0.2, 0) is 11.2 Å². The third-order valence-electron chi connectivity index (χ3n) is 3.62. The third-order valence-corrected chi connectivity index (χ3v) is 4.52. The SMILES string of the molecule is COc1ccsc1C(=O)N[C@H](C(=O)O)c1ccc2c(c1)CCO2.